The summed E-state index contributed by atoms with van der Waals surface area (Å²) in [5.41, 5.74) is 2.94. The summed E-state index contributed by atoms with van der Waals surface area (Å²) < 4.78 is 4.56. The van der Waals surface area contributed by atoms with Crippen molar-refractivity contribution in [1.29, 1.82) is 0 Å². The highest BCUT2D eigenvalue weighted by molar-refractivity contribution is 5.81. The molecule has 0 bridgehead atoms. The number of hydrogen-bond acceptors (Lipinski definition) is 5. The molecule has 1 amide bonds. The van der Waals surface area contributed by atoms with Crippen LogP contribution in [0.15, 0.2) is 36.5 Å². The van der Waals surface area contributed by atoms with Crippen LogP contribution in [0.2, 0.25) is 0 Å². The van der Waals surface area contributed by atoms with Crippen LogP contribution in [0.3, 0.4) is 0 Å². The Bertz CT molecular complexity index is 762. The number of aryl methyl sites for hydroxylation is 1. The Hall–Kier alpha value is -2.76. The van der Waals surface area contributed by atoms with Gasteiger partial charge in [-0.05, 0) is 19.3 Å². The van der Waals surface area contributed by atoms with Crippen LogP contribution in [-0.4, -0.2) is 29.0 Å². The third kappa shape index (κ3) is 4.21. The van der Waals surface area contributed by atoms with Gasteiger partial charge in [-0.25, -0.2) is 9.97 Å². The summed E-state index contributed by atoms with van der Waals surface area (Å²) >= 11 is 0. The van der Waals surface area contributed by atoms with E-state index in [1.165, 1.54) is 7.11 Å². The topological polar surface area (TPSA) is 81.2 Å². The maximum atomic E-state index is 12.1. The Morgan fingerprint density at radius 1 is 1.24 bits per heavy atom. The summed E-state index contributed by atoms with van der Waals surface area (Å²) in [5, 5.41) is 2.99. The Morgan fingerprint density at radius 3 is 2.80 bits per heavy atom. The molecule has 0 aliphatic heterocycles. The van der Waals surface area contributed by atoms with E-state index in [4.69, 9.17) is 4.98 Å². The van der Waals surface area contributed by atoms with E-state index in [2.05, 4.69) is 15.0 Å². The predicted molar refractivity (Wildman–Crippen MR) is 92.5 cm³/mol. The molecule has 1 aromatic carbocycles. The van der Waals surface area contributed by atoms with Crippen LogP contribution in [0.1, 0.15) is 43.0 Å². The molecule has 0 fully saturated rings. The van der Waals surface area contributed by atoms with Crippen molar-refractivity contribution in [2.45, 2.75) is 38.1 Å². The largest absolute Gasteiger partial charge is 0.469 e. The van der Waals surface area contributed by atoms with Gasteiger partial charge in [-0.3, -0.25) is 9.59 Å². The second-order valence-electron chi connectivity index (χ2n) is 6.05. The summed E-state index contributed by atoms with van der Waals surface area (Å²) in [4.78, 5) is 32.4. The first-order chi connectivity index (χ1) is 12.2. The van der Waals surface area contributed by atoms with Gasteiger partial charge in [-0.1, -0.05) is 30.3 Å². The first-order valence-electron chi connectivity index (χ1n) is 8.45. The van der Waals surface area contributed by atoms with Gasteiger partial charge in [0.1, 0.15) is 0 Å². The Morgan fingerprint density at radius 2 is 2.04 bits per heavy atom. The van der Waals surface area contributed by atoms with Crippen molar-refractivity contribution in [2.24, 2.45) is 0 Å². The van der Waals surface area contributed by atoms with Crippen molar-refractivity contribution in [3.05, 3.63) is 47.8 Å². The predicted octanol–water partition coefficient (Wildman–Crippen LogP) is 2.59. The quantitative estimate of drug-likeness (QED) is 0.847. The maximum Gasteiger partial charge on any atom is 0.306 e. The molecule has 130 valence electrons. The van der Waals surface area contributed by atoms with Crippen LogP contribution < -0.4 is 5.32 Å². The van der Waals surface area contributed by atoms with Crippen LogP contribution in [0.4, 0.5) is 0 Å². The fourth-order valence-electron chi connectivity index (χ4n) is 3.01. The highest BCUT2D eigenvalue weighted by atomic mass is 16.5. The van der Waals surface area contributed by atoms with Crippen molar-refractivity contribution in [2.75, 3.05) is 7.11 Å². The van der Waals surface area contributed by atoms with E-state index in [0.29, 0.717) is 5.82 Å². The minimum Gasteiger partial charge on any atom is -0.469 e. The average Bonchev–Trinajstić information content (AvgIpc) is 2.66. The molecule has 1 heterocycles. The molecule has 1 aliphatic carbocycles. The number of hydrogen-bond donors (Lipinski definition) is 1. The third-order valence-corrected chi connectivity index (χ3v) is 4.33. The fraction of sp³-hybridized carbons (Fsp3) is 0.368. The number of fused-ring (bicyclic) bond motifs is 1. The smallest absolute Gasteiger partial charge is 0.306 e. The molecule has 1 unspecified atom stereocenters. The molecule has 1 aliphatic rings. The molecule has 0 radical (unpaired) electrons. The molecule has 0 saturated heterocycles. The van der Waals surface area contributed by atoms with Gasteiger partial charge in [0.25, 0.3) is 0 Å². The number of methoxy groups -OCH3 is 1. The van der Waals surface area contributed by atoms with Gasteiger partial charge in [-0.15, -0.1) is 0 Å². The Kier molecular flexibility index (Phi) is 5.38. The van der Waals surface area contributed by atoms with Gasteiger partial charge in [0.05, 0.1) is 19.6 Å². The highest BCUT2D eigenvalue weighted by Crippen LogP contribution is 2.29. The molecule has 1 atom stereocenters. The fourth-order valence-corrected chi connectivity index (χ4v) is 3.01. The number of carbonyl (C=O) groups is 2. The van der Waals surface area contributed by atoms with Gasteiger partial charge in [-0.2, -0.15) is 0 Å². The number of ether oxygens (including phenoxy) is 1. The lowest BCUT2D eigenvalue weighted by atomic mass is 9.92. The van der Waals surface area contributed by atoms with Crippen molar-refractivity contribution >= 4 is 11.9 Å². The molecule has 6 nitrogen and oxygen atoms in total. The first-order valence-corrected chi connectivity index (χ1v) is 8.45. The minimum absolute atomic E-state index is 0.0886. The lowest BCUT2D eigenvalue weighted by molar-refractivity contribution is -0.142. The van der Waals surface area contributed by atoms with Crippen molar-refractivity contribution in [3.8, 4) is 11.4 Å². The molecule has 2 aromatic rings. The van der Waals surface area contributed by atoms with E-state index >= 15 is 0 Å². The van der Waals surface area contributed by atoms with Crippen LogP contribution in [0.5, 0.6) is 0 Å². The standard InChI is InChI=1S/C19H21N3O3/c1-25-18(24)11-10-17(23)21-15-8-5-9-16-14(15)12-20-19(22-16)13-6-3-2-4-7-13/h2-4,6-7,12,15H,5,8-11H2,1H3,(H,21,23). The molecule has 25 heavy (non-hydrogen) atoms. The lowest BCUT2D eigenvalue weighted by Crippen LogP contribution is -2.31. The number of rotatable bonds is 5. The molecule has 6 heteroatoms. The van der Waals surface area contributed by atoms with E-state index in [0.717, 1.165) is 36.1 Å². The van der Waals surface area contributed by atoms with Crippen LogP contribution >= 0.6 is 0 Å². The summed E-state index contributed by atoms with van der Waals surface area (Å²) in [6, 6.07) is 9.75. The molecule has 0 spiro atoms. The van der Waals surface area contributed by atoms with Gasteiger partial charge in [0.15, 0.2) is 5.82 Å². The van der Waals surface area contributed by atoms with E-state index in [1.54, 1.807) is 0 Å². The molecular formula is C19H21N3O3. The van der Waals surface area contributed by atoms with Crippen molar-refractivity contribution in [3.63, 3.8) is 0 Å². The molecule has 3 rings (SSSR count). The number of amides is 1. The Balaban J connectivity index is 1.72. The zero-order chi connectivity index (χ0) is 17.6. The maximum absolute atomic E-state index is 12.1. The molecular weight excluding hydrogens is 318 g/mol. The van der Waals surface area contributed by atoms with E-state index in [1.807, 2.05) is 36.5 Å². The van der Waals surface area contributed by atoms with Crippen LogP contribution in [-0.2, 0) is 20.7 Å². The number of benzene rings is 1. The number of nitrogens with one attached hydrogen (secondary N) is 1. The Labute approximate surface area is 146 Å². The summed E-state index contributed by atoms with van der Waals surface area (Å²) in [6.45, 7) is 0. The third-order valence-electron chi connectivity index (χ3n) is 4.33. The van der Waals surface area contributed by atoms with Gasteiger partial charge < -0.3 is 10.1 Å². The number of nitrogens with zero attached hydrogens (tertiary/aromatic N) is 2. The van der Waals surface area contributed by atoms with Crippen molar-refractivity contribution < 1.29 is 14.3 Å². The second-order valence-corrected chi connectivity index (χ2v) is 6.05. The monoisotopic (exact) mass is 339 g/mol. The van der Waals surface area contributed by atoms with Crippen LogP contribution in [0, 0.1) is 0 Å². The van der Waals surface area contributed by atoms with E-state index in [9.17, 15) is 9.59 Å². The highest BCUT2D eigenvalue weighted by Gasteiger charge is 2.24. The normalized spacial score (nSPS) is 16.0. The van der Waals surface area contributed by atoms with Gasteiger partial charge in [0, 0.05) is 29.4 Å². The SMILES string of the molecule is COC(=O)CCC(=O)NC1CCCc2nc(-c3ccccc3)ncc21. The summed E-state index contributed by atoms with van der Waals surface area (Å²) in [6.07, 6.45) is 4.72. The van der Waals surface area contributed by atoms with Gasteiger partial charge >= 0.3 is 5.97 Å². The van der Waals surface area contributed by atoms with E-state index in [-0.39, 0.29) is 30.8 Å². The number of esters is 1. The van der Waals surface area contributed by atoms with Crippen LogP contribution in [0.25, 0.3) is 11.4 Å². The van der Waals surface area contributed by atoms with Gasteiger partial charge in [0.2, 0.25) is 5.91 Å². The van der Waals surface area contributed by atoms with Crippen molar-refractivity contribution in [1.82, 2.24) is 15.3 Å². The average molecular weight is 339 g/mol. The molecule has 1 aromatic heterocycles. The zero-order valence-electron chi connectivity index (χ0n) is 14.2. The molecule has 1 N–H and O–H groups in total. The summed E-state index contributed by atoms with van der Waals surface area (Å²) in [7, 11) is 1.32. The number of aromatic nitrogens is 2. The van der Waals surface area contributed by atoms with E-state index < -0.39 is 0 Å². The zero-order valence-corrected chi connectivity index (χ0v) is 14.2. The number of carbonyl (C=O) groups excluding carboxylic acids is 2. The minimum atomic E-state index is -0.380. The first kappa shape index (κ1) is 17.1. The summed E-state index contributed by atoms with van der Waals surface area (Å²) in [5.74, 6) is 0.169. The second kappa shape index (κ2) is 7.88. The molecule has 0 saturated carbocycles. The lowest BCUT2D eigenvalue weighted by Gasteiger charge is -2.25.